The molecular formula is C22H28N6O2. The minimum Gasteiger partial charge on any atom is -0.462 e. The highest BCUT2D eigenvalue weighted by Gasteiger charge is 2.25. The Morgan fingerprint density at radius 1 is 1.27 bits per heavy atom. The summed E-state index contributed by atoms with van der Waals surface area (Å²) in [4.78, 5) is 24.0. The number of esters is 1. The van der Waals surface area contributed by atoms with Crippen LogP contribution in [0.1, 0.15) is 41.5 Å². The van der Waals surface area contributed by atoms with Crippen molar-refractivity contribution in [1.82, 2.24) is 19.7 Å². The molecule has 0 saturated carbocycles. The fourth-order valence-electron chi connectivity index (χ4n) is 4.09. The van der Waals surface area contributed by atoms with Crippen LogP contribution >= 0.6 is 0 Å². The largest absolute Gasteiger partial charge is 0.462 e. The van der Waals surface area contributed by atoms with Gasteiger partial charge in [0.05, 0.1) is 23.4 Å². The lowest BCUT2D eigenvalue weighted by atomic mass is 10.0. The molecule has 30 heavy (non-hydrogen) atoms. The first-order valence-corrected chi connectivity index (χ1v) is 10.4. The van der Waals surface area contributed by atoms with Gasteiger partial charge in [-0.05, 0) is 45.7 Å². The predicted molar refractivity (Wildman–Crippen MR) is 117 cm³/mol. The molecule has 1 N–H and O–H groups in total. The normalized spacial score (nSPS) is 14.9. The summed E-state index contributed by atoms with van der Waals surface area (Å²) < 4.78 is 7.02. The molecule has 0 amide bonds. The Kier molecular flexibility index (Phi) is 5.57. The van der Waals surface area contributed by atoms with Crippen molar-refractivity contribution in [2.45, 2.75) is 39.7 Å². The Labute approximate surface area is 176 Å². The Morgan fingerprint density at radius 2 is 2.03 bits per heavy atom. The predicted octanol–water partition coefficient (Wildman–Crippen LogP) is 3.24. The van der Waals surface area contributed by atoms with Crippen LogP contribution in [0.3, 0.4) is 0 Å². The number of aromatic nitrogens is 4. The van der Waals surface area contributed by atoms with Crippen molar-refractivity contribution in [3.8, 4) is 0 Å². The van der Waals surface area contributed by atoms with Crippen LogP contribution in [0.2, 0.25) is 0 Å². The number of nitrogens with one attached hydrogen (secondary N) is 1. The average molecular weight is 409 g/mol. The summed E-state index contributed by atoms with van der Waals surface area (Å²) in [7, 11) is 1.86. The number of anilines is 2. The van der Waals surface area contributed by atoms with Crippen LogP contribution in [0.25, 0.3) is 11.0 Å². The summed E-state index contributed by atoms with van der Waals surface area (Å²) in [6.07, 6.45) is 3.48. The van der Waals surface area contributed by atoms with E-state index in [9.17, 15) is 4.79 Å². The van der Waals surface area contributed by atoms with Crippen LogP contribution in [0.5, 0.6) is 0 Å². The monoisotopic (exact) mass is 408 g/mol. The van der Waals surface area contributed by atoms with Crippen LogP contribution in [0, 0.1) is 13.8 Å². The zero-order valence-electron chi connectivity index (χ0n) is 18.0. The minimum atomic E-state index is -0.362. The van der Waals surface area contributed by atoms with Gasteiger partial charge >= 0.3 is 5.97 Å². The number of nitrogens with zero attached hydrogens (tertiary/aromatic N) is 5. The maximum atomic E-state index is 12.6. The molecule has 8 heteroatoms. The molecule has 1 saturated heterocycles. The van der Waals surface area contributed by atoms with Crippen LogP contribution in [-0.2, 0) is 11.8 Å². The van der Waals surface area contributed by atoms with Gasteiger partial charge in [-0.15, -0.1) is 0 Å². The molecule has 3 aromatic heterocycles. The van der Waals surface area contributed by atoms with E-state index in [4.69, 9.17) is 4.74 Å². The molecule has 4 heterocycles. The summed E-state index contributed by atoms with van der Waals surface area (Å²) in [5.74, 6) is 0.661. The smallest absolute Gasteiger partial charge is 0.341 e. The van der Waals surface area contributed by atoms with Gasteiger partial charge in [0.25, 0.3) is 0 Å². The average Bonchev–Trinajstić information content (AvgIpc) is 3.03. The lowest BCUT2D eigenvalue weighted by Gasteiger charge is -2.34. The number of hydrogen-bond acceptors (Lipinski definition) is 7. The third kappa shape index (κ3) is 3.81. The molecule has 0 radical (unpaired) electrons. The number of carbonyl (C=O) groups is 1. The van der Waals surface area contributed by atoms with Crippen molar-refractivity contribution < 1.29 is 9.53 Å². The molecule has 3 aromatic rings. The highest BCUT2D eigenvalue weighted by Crippen LogP contribution is 2.31. The molecule has 1 fully saturated rings. The van der Waals surface area contributed by atoms with Crippen molar-refractivity contribution >= 4 is 28.5 Å². The molecular weight excluding hydrogens is 380 g/mol. The molecule has 1 aliphatic heterocycles. The van der Waals surface area contributed by atoms with Gasteiger partial charge < -0.3 is 15.0 Å². The molecule has 0 spiro atoms. The lowest BCUT2D eigenvalue weighted by Crippen LogP contribution is -2.39. The highest BCUT2D eigenvalue weighted by molar-refractivity contribution is 6.05. The lowest BCUT2D eigenvalue weighted by molar-refractivity contribution is 0.0527. The number of aryl methyl sites for hydroxylation is 3. The second-order valence-electron chi connectivity index (χ2n) is 7.72. The van der Waals surface area contributed by atoms with Gasteiger partial charge in [-0.2, -0.15) is 5.10 Å². The van der Waals surface area contributed by atoms with E-state index in [1.165, 1.54) is 0 Å². The molecule has 8 nitrogen and oxygen atoms in total. The second kappa shape index (κ2) is 8.30. The van der Waals surface area contributed by atoms with Gasteiger partial charge in [0.2, 0.25) is 0 Å². The van der Waals surface area contributed by atoms with Crippen LogP contribution in [0.15, 0.2) is 24.4 Å². The molecule has 158 valence electrons. The number of piperidine rings is 1. The third-order valence-electron chi connectivity index (χ3n) is 5.56. The van der Waals surface area contributed by atoms with E-state index < -0.39 is 0 Å². The highest BCUT2D eigenvalue weighted by atomic mass is 16.5. The summed E-state index contributed by atoms with van der Waals surface area (Å²) in [5.41, 5.74) is 3.86. The Hall–Kier alpha value is -3.16. The number of ether oxygens (including phenoxy) is 1. The van der Waals surface area contributed by atoms with Gasteiger partial charge in [0, 0.05) is 38.1 Å². The minimum absolute atomic E-state index is 0.240. The molecule has 0 unspecified atom stereocenters. The summed E-state index contributed by atoms with van der Waals surface area (Å²) in [6.45, 7) is 7.90. The van der Waals surface area contributed by atoms with Crippen LogP contribution < -0.4 is 10.2 Å². The van der Waals surface area contributed by atoms with Crippen LogP contribution in [-0.4, -0.2) is 51.5 Å². The molecule has 0 atom stereocenters. The fraction of sp³-hybridized carbons (Fsp3) is 0.455. The Bertz CT molecular complexity index is 1070. The standard InChI is InChI=1S/C22H28N6O2/c1-5-30-22(29)17-13-23-21-19(15(3)26-27(21)4)20(17)25-16-9-11-28(12-10-16)18-8-6-7-14(2)24-18/h6-8,13,16H,5,9-12H2,1-4H3,(H,23,25). The maximum absolute atomic E-state index is 12.6. The summed E-state index contributed by atoms with van der Waals surface area (Å²) in [6, 6.07) is 6.36. The van der Waals surface area contributed by atoms with Crippen molar-refractivity contribution in [2.24, 2.45) is 7.05 Å². The number of carbonyl (C=O) groups excluding carboxylic acids is 1. The van der Waals surface area contributed by atoms with E-state index in [1.54, 1.807) is 17.8 Å². The van der Waals surface area contributed by atoms with Crippen LogP contribution in [0.4, 0.5) is 11.5 Å². The van der Waals surface area contributed by atoms with Gasteiger partial charge in [-0.25, -0.2) is 14.8 Å². The van der Waals surface area contributed by atoms with E-state index in [-0.39, 0.29) is 12.0 Å². The van der Waals surface area contributed by atoms with Crippen molar-refractivity contribution in [3.63, 3.8) is 0 Å². The number of rotatable bonds is 5. The second-order valence-corrected chi connectivity index (χ2v) is 7.72. The van der Waals surface area contributed by atoms with Gasteiger partial charge in [-0.3, -0.25) is 4.68 Å². The van der Waals surface area contributed by atoms with E-state index in [0.29, 0.717) is 12.2 Å². The number of pyridine rings is 2. The maximum Gasteiger partial charge on any atom is 0.341 e. The SMILES string of the molecule is CCOC(=O)c1cnc2c(c(C)nn2C)c1NC1CCN(c2cccc(C)n2)CC1. The summed E-state index contributed by atoms with van der Waals surface area (Å²) >= 11 is 0. The van der Waals surface area contributed by atoms with Crippen molar-refractivity contribution in [2.75, 3.05) is 29.9 Å². The molecule has 0 aromatic carbocycles. The molecule has 1 aliphatic rings. The van der Waals surface area contributed by atoms with E-state index >= 15 is 0 Å². The van der Waals surface area contributed by atoms with Crippen molar-refractivity contribution in [3.05, 3.63) is 41.3 Å². The number of fused-ring (bicyclic) bond motifs is 1. The first-order chi connectivity index (χ1) is 14.5. The van der Waals surface area contributed by atoms with E-state index in [0.717, 1.165) is 59.9 Å². The van der Waals surface area contributed by atoms with Gasteiger partial charge in [0.1, 0.15) is 11.4 Å². The zero-order chi connectivity index (χ0) is 21.3. The zero-order valence-corrected chi connectivity index (χ0v) is 18.0. The van der Waals surface area contributed by atoms with E-state index in [2.05, 4.69) is 31.3 Å². The quantitative estimate of drug-likeness (QED) is 0.649. The fourth-order valence-corrected chi connectivity index (χ4v) is 4.09. The summed E-state index contributed by atoms with van der Waals surface area (Å²) in [5, 5.41) is 9.00. The van der Waals surface area contributed by atoms with Gasteiger partial charge in [0.15, 0.2) is 5.65 Å². The first-order valence-electron chi connectivity index (χ1n) is 10.4. The Morgan fingerprint density at radius 3 is 2.73 bits per heavy atom. The van der Waals surface area contributed by atoms with E-state index in [1.807, 2.05) is 33.0 Å². The topological polar surface area (TPSA) is 85.2 Å². The molecule has 4 rings (SSSR count). The molecule has 0 aliphatic carbocycles. The van der Waals surface area contributed by atoms with Gasteiger partial charge in [-0.1, -0.05) is 6.07 Å². The first kappa shape index (κ1) is 20.1. The molecule has 0 bridgehead atoms. The number of hydrogen-bond donors (Lipinski definition) is 1. The third-order valence-corrected chi connectivity index (χ3v) is 5.56. The van der Waals surface area contributed by atoms with Crippen molar-refractivity contribution in [1.29, 1.82) is 0 Å². The Balaban J connectivity index is 1.59.